The molecule has 1 N–H and O–H groups in total. The Morgan fingerprint density at radius 1 is 1.59 bits per heavy atom. The molecule has 0 bridgehead atoms. The highest BCUT2D eigenvalue weighted by atomic mass is 32.1. The van der Waals surface area contributed by atoms with Crippen LogP contribution in [0.25, 0.3) is 0 Å². The third kappa shape index (κ3) is 2.84. The number of hydrogen-bond donors (Lipinski definition) is 1. The van der Waals surface area contributed by atoms with Gasteiger partial charge in [0, 0.05) is 17.3 Å². The van der Waals surface area contributed by atoms with E-state index in [0.29, 0.717) is 11.6 Å². The van der Waals surface area contributed by atoms with Gasteiger partial charge in [-0.3, -0.25) is 0 Å². The molecule has 5 heteroatoms. The van der Waals surface area contributed by atoms with Crippen molar-refractivity contribution in [3.05, 3.63) is 33.6 Å². The number of nitrogens with zero attached hydrogens (tertiary/aromatic N) is 2. The Bertz CT molecular complexity index is 522. The third-order valence-corrected chi connectivity index (χ3v) is 4.21. The molecule has 88 valence electrons. The second kappa shape index (κ2) is 5.30. The number of nitriles is 1. The van der Waals surface area contributed by atoms with Crippen LogP contribution in [0.1, 0.15) is 23.1 Å². The van der Waals surface area contributed by atoms with E-state index in [-0.39, 0.29) is 0 Å². The van der Waals surface area contributed by atoms with Crippen LogP contribution in [-0.4, -0.2) is 10.4 Å². The normalized spacial score (nSPS) is 12.1. The fourth-order valence-corrected chi connectivity index (χ4v) is 3.30. The van der Waals surface area contributed by atoms with E-state index in [0.717, 1.165) is 17.1 Å². The Kier molecular flexibility index (Phi) is 3.77. The molecule has 1 atom stereocenters. The van der Waals surface area contributed by atoms with Crippen molar-refractivity contribution in [2.75, 3.05) is 5.32 Å². The van der Waals surface area contributed by atoms with Crippen LogP contribution >= 0.6 is 22.9 Å². The molecule has 0 saturated carbocycles. The molecule has 0 saturated heterocycles. The summed E-state index contributed by atoms with van der Waals surface area (Å²) in [6, 6.07) is 6.69. The maximum absolute atomic E-state index is 9.04. The molecule has 1 unspecified atom stereocenters. The van der Waals surface area contributed by atoms with Gasteiger partial charge in [-0.2, -0.15) is 9.64 Å². The van der Waals surface area contributed by atoms with E-state index in [9.17, 15) is 0 Å². The third-order valence-electron chi connectivity index (χ3n) is 2.44. The van der Waals surface area contributed by atoms with Gasteiger partial charge in [0.2, 0.25) is 0 Å². The number of hydrogen-bond acceptors (Lipinski definition) is 5. The molecule has 0 aliphatic rings. The molecule has 17 heavy (non-hydrogen) atoms. The Hall–Kier alpha value is -1.38. The zero-order chi connectivity index (χ0) is 12.3. The monoisotopic (exact) mass is 263 g/mol. The van der Waals surface area contributed by atoms with Crippen LogP contribution in [0.4, 0.5) is 5.00 Å². The van der Waals surface area contributed by atoms with E-state index < -0.39 is 0 Å². The highest BCUT2D eigenvalue weighted by Crippen LogP contribution is 2.25. The zero-order valence-electron chi connectivity index (χ0n) is 9.73. The summed E-state index contributed by atoms with van der Waals surface area (Å²) in [4.78, 5) is 1.35. The smallest absolute Gasteiger partial charge is 0.127 e. The Balaban J connectivity index is 2.03. The lowest BCUT2D eigenvalue weighted by Gasteiger charge is -2.12. The first-order chi connectivity index (χ1) is 8.20. The van der Waals surface area contributed by atoms with Crippen LogP contribution in [0.15, 0.2) is 17.5 Å². The van der Waals surface area contributed by atoms with Crippen LogP contribution in [0.2, 0.25) is 0 Å². The Morgan fingerprint density at radius 3 is 3.06 bits per heavy atom. The van der Waals surface area contributed by atoms with Gasteiger partial charge in [-0.1, -0.05) is 6.07 Å². The predicted molar refractivity (Wildman–Crippen MR) is 72.7 cm³/mol. The largest absolute Gasteiger partial charge is 0.372 e. The second-order valence-corrected chi connectivity index (χ2v) is 5.72. The minimum atomic E-state index is 0.306. The van der Waals surface area contributed by atoms with Crippen LogP contribution in [0.3, 0.4) is 0 Å². The van der Waals surface area contributed by atoms with Crippen molar-refractivity contribution in [1.82, 2.24) is 4.37 Å². The summed E-state index contributed by atoms with van der Waals surface area (Å²) in [5.41, 5.74) is 1.48. The summed E-state index contributed by atoms with van der Waals surface area (Å²) in [5, 5.41) is 15.4. The number of nitrogens with one attached hydrogen (secondary N) is 1. The number of rotatable bonds is 4. The minimum Gasteiger partial charge on any atom is -0.372 e. The molecule has 3 nitrogen and oxygen atoms in total. The molecule has 2 heterocycles. The van der Waals surface area contributed by atoms with Crippen molar-refractivity contribution < 1.29 is 0 Å². The first kappa shape index (κ1) is 12.1. The molecule has 0 fully saturated rings. The van der Waals surface area contributed by atoms with Crippen molar-refractivity contribution in [3.8, 4) is 6.07 Å². The van der Waals surface area contributed by atoms with E-state index in [4.69, 9.17) is 5.26 Å². The van der Waals surface area contributed by atoms with E-state index in [1.54, 1.807) is 11.3 Å². The lowest BCUT2D eigenvalue weighted by atomic mass is 10.2. The highest BCUT2D eigenvalue weighted by Gasteiger charge is 2.12. The molecule has 0 amide bonds. The fourth-order valence-electron chi connectivity index (χ4n) is 1.61. The second-order valence-electron chi connectivity index (χ2n) is 3.91. The van der Waals surface area contributed by atoms with Crippen LogP contribution in [0.5, 0.6) is 0 Å². The Morgan fingerprint density at radius 2 is 2.41 bits per heavy atom. The molecular weight excluding hydrogens is 250 g/mol. The quantitative estimate of drug-likeness (QED) is 0.919. The van der Waals surface area contributed by atoms with Crippen LogP contribution < -0.4 is 5.32 Å². The summed E-state index contributed by atoms with van der Waals surface area (Å²) in [5.74, 6) is 0. The number of aryl methyl sites for hydroxylation is 1. The molecule has 0 aliphatic heterocycles. The molecule has 0 aromatic carbocycles. The predicted octanol–water partition coefficient (Wildman–Crippen LogP) is 3.43. The molecule has 0 aliphatic carbocycles. The molecule has 2 rings (SSSR count). The van der Waals surface area contributed by atoms with E-state index >= 15 is 0 Å². The number of aromatic nitrogens is 1. The first-order valence-electron chi connectivity index (χ1n) is 5.36. The topological polar surface area (TPSA) is 48.7 Å². The van der Waals surface area contributed by atoms with Crippen molar-refractivity contribution in [1.29, 1.82) is 5.26 Å². The summed E-state index contributed by atoms with van der Waals surface area (Å²) < 4.78 is 4.20. The van der Waals surface area contributed by atoms with Gasteiger partial charge in [0.25, 0.3) is 0 Å². The molecule has 2 aromatic rings. The number of thiophene rings is 1. The van der Waals surface area contributed by atoms with Crippen molar-refractivity contribution in [2.24, 2.45) is 0 Å². The van der Waals surface area contributed by atoms with E-state index in [1.165, 1.54) is 16.4 Å². The average Bonchev–Trinajstić information content (AvgIpc) is 2.89. The van der Waals surface area contributed by atoms with Crippen LogP contribution in [-0.2, 0) is 6.42 Å². The van der Waals surface area contributed by atoms with Gasteiger partial charge in [-0.05, 0) is 36.8 Å². The van der Waals surface area contributed by atoms with Gasteiger partial charge in [-0.15, -0.1) is 11.3 Å². The SMILES string of the molecule is Cc1nsc(NC(C)Cc2cccs2)c1C#N. The summed E-state index contributed by atoms with van der Waals surface area (Å²) in [6.07, 6.45) is 0.972. The maximum Gasteiger partial charge on any atom is 0.127 e. The van der Waals surface area contributed by atoms with Crippen molar-refractivity contribution in [2.45, 2.75) is 26.3 Å². The van der Waals surface area contributed by atoms with E-state index in [2.05, 4.69) is 40.2 Å². The molecule has 0 spiro atoms. The van der Waals surface area contributed by atoms with Gasteiger partial charge >= 0.3 is 0 Å². The lowest BCUT2D eigenvalue weighted by Crippen LogP contribution is -2.17. The summed E-state index contributed by atoms with van der Waals surface area (Å²) in [7, 11) is 0. The highest BCUT2D eigenvalue weighted by molar-refractivity contribution is 7.10. The summed E-state index contributed by atoms with van der Waals surface area (Å²) in [6.45, 7) is 3.99. The van der Waals surface area contributed by atoms with Gasteiger partial charge in [-0.25, -0.2) is 0 Å². The van der Waals surface area contributed by atoms with Gasteiger partial charge in [0.05, 0.1) is 5.69 Å². The molecule has 0 radical (unpaired) electrons. The van der Waals surface area contributed by atoms with E-state index in [1.807, 2.05) is 6.92 Å². The lowest BCUT2D eigenvalue weighted by molar-refractivity contribution is 0.803. The minimum absolute atomic E-state index is 0.306. The average molecular weight is 263 g/mol. The van der Waals surface area contributed by atoms with Crippen LogP contribution in [0, 0.1) is 18.3 Å². The fraction of sp³-hybridized carbons (Fsp3) is 0.333. The zero-order valence-corrected chi connectivity index (χ0v) is 11.4. The maximum atomic E-state index is 9.04. The Labute approximate surface area is 109 Å². The molecular formula is C12H13N3S2. The number of anilines is 1. The van der Waals surface area contributed by atoms with Gasteiger partial charge < -0.3 is 5.32 Å². The van der Waals surface area contributed by atoms with Crippen molar-refractivity contribution in [3.63, 3.8) is 0 Å². The first-order valence-corrected chi connectivity index (χ1v) is 7.01. The van der Waals surface area contributed by atoms with Gasteiger partial charge in [0.15, 0.2) is 0 Å². The standard InChI is InChI=1S/C12H13N3S2/c1-8(6-10-4-3-5-16-10)14-12-11(7-13)9(2)15-17-12/h3-5,8,14H,6H2,1-2H3. The van der Waals surface area contributed by atoms with Crippen molar-refractivity contribution >= 4 is 27.9 Å². The molecule has 2 aromatic heterocycles. The van der Waals surface area contributed by atoms with Gasteiger partial charge in [0.1, 0.15) is 16.6 Å². The summed E-state index contributed by atoms with van der Waals surface area (Å²) >= 11 is 3.12.